The summed E-state index contributed by atoms with van der Waals surface area (Å²) in [5, 5.41) is 3.76. The zero-order valence-electron chi connectivity index (χ0n) is 8.40. The van der Waals surface area contributed by atoms with Crippen LogP contribution in [0, 0.1) is 5.41 Å². The predicted octanol–water partition coefficient (Wildman–Crippen LogP) is 3.12. The Morgan fingerprint density at radius 2 is 2.23 bits per heavy atom. The molecule has 1 N–H and O–H groups in total. The minimum Gasteiger partial charge on any atom is -0.310 e. The Labute approximate surface area is 90.5 Å². The lowest BCUT2D eigenvalue weighted by Gasteiger charge is -2.49. The maximum atomic E-state index is 6.10. The quantitative estimate of drug-likeness (QED) is 0.723. The topological polar surface area (TPSA) is 12.0 Å². The van der Waals surface area contributed by atoms with Crippen molar-refractivity contribution in [3.63, 3.8) is 0 Å². The van der Waals surface area contributed by atoms with Gasteiger partial charge < -0.3 is 5.32 Å². The van der Waals surface area contributed by atoms with Crippen molar-refractivity contribution in [3.05, 3.63) is 11.1 Å². The van der Waals surface area contributed by atoms with Crippen LogP contribution in [0.4, 0.5) is 0 Å². The van der Waals surface area contributed by atoms with Gasteiger partial charge in [-0.2, -0.15) is 0 Å². The van der Waals surface area contributed by atoms with Crippen molar-refractivity contribution in [2.24, 2.45) is 5.41 Å². The predicted molar refractivity (Wildman–Crippen MR) is 59.4 cm³/mol. The summed E-state index contributed by atoms with van der Waals surface area (Å²) in [6, 6.07) is 0.529. The second-order valence-corrected chi connectivity index (χ2v) is 5.16. The zero-order valence-corrected chi connectivity index (χ0v) is 9.91. The van der Waals surface area contributed by atoms with Crippen molar-refractivity contribution in [2.75, 3.05) is 6.54 Å². The number of hydrogen-bond acceptors (Lipinski definition) is 1. The minimum atomic E-state index is 0.216. The van der Waals surface area contributed by atoms with Gasteiger partial charge in [0.1, 0.15) is 0 Å². The summed E-state index contributed by atoms with van der Waals surface area (Å²) in [7, 11) is 0. The largest absolute Gasteiger partial charge is 0.310 e. The van der Waals surface area contributed by atoms with Crippen molar-refractivity contribution >= 4 is 23.2 Å². The average molecular weight is 222 g/mol. The fraction of sp³-hybridized carbons (Fsp3) is 0.800. The van der Waals surface area contributed by atoms with Crippen LogP contribution in [0.3, 0.4) is 0 Å². The maximum absolute atomic E-state index is 6.10. The van der Waals surface area contributed by atoms with Gasteiger partial charge in [0.25, 0.3) is 0 Å². The summed E-state index contributed by atoms with van der Waals surface area (Å²) in [4.78, 5) is 0. The molecule has 0 spiro atoms. The van der Waals surface area contributed by atoms with E-state index in [1.807, 2.05) is 6.92 Å². The molecule has 0 aromatic heterocycles. The van der Waals surface area contributed by atoms with E-state index in [4.69, 9.17) is 23.2 Å². The zero-order chi connectivity index (χ0) is 10.1. The molecule has 1 aliphatic rings. The number of nitrogens with one attached hydrogen (secondary N) is 1. The fourth-order valence-corrected chi connectivity index (χ4v) is 1.95. The fourth-order valence-electron chi connectivity index (χ4n) is 1.54. The molecule has 1 nitrogen and oxygen atoms in total. The first kappa shape index (κ1) is 11.4. The highest BCUT2D eigenvalue weighted by molar-refractivity contribution is 6.25. The van der Waals surface area contributed by atoms with Crippen molar-refractivity contribution in [2.45, 2.75) is 38.6 Å². The van der Waals surface area contributed by atoms with Crippen LogP contribution >= 0.6 is 23.2 Å². The SMILES string of the molecule is C/C(=C\Cl)CNC1CC(Cl)C1(C)C. The van der Waals surface area contributed by atoms with Gasteiger partial charge in [0.2, 0.25) is 0 Å². The van der Waals surface area contributed by atoms with Crippen LogP contribution < -0.4 is 5.32 Å². The molecule has 0 heterocycles. The first-order valence-electron chi connectivity index (χ1n) is 4.61. The molecule has 0 amide bonds. The Morgan fingerprint density at radius 3 is 2.62 bits per heavy atom. The Bertz CT molecular complexity index is 211. The van der Waals surface area contributed by atoms with Crippen molar-refractivity contribution in [1.29, 1.82) is 0 Å². The van der Waals surface area contributed by atoms with E-state index >= 15 is 0 Å². The Hall–Kier alpha value is 0.280. The normalized spacial score (nSPS) is 32.8. The van der Waals surface area contributed by atoms with Crippen molar-refractivity contribution in [3.8, 4) is 0 Å². The van der Waals surface area contributed by atoms with Crippen LogP contribution in [0.5, 0.6) is 0 Å². The molecule has 0 saturated heterocycles. The summed E-state index contributed by atoms with van der Waals surface area (Å²) >= 11 is 11.7. The molecule has 13 heavy (non-hydrogen) atoms. The van der Waals surface area contributed by atoms with Gasteiger partial charge in [0.15, 0.2) is 0 Å². The second-order valence-electron chi connectivity index (χ2n) is 4.41. The molecule has 2 unspecified atom stereocenters. The highest BCUT2D eigenvalue weighted by atomic mass is 35.5. The third-order valence-corrected chi connectivity index (χ3v) is 4.07. The molecule has 2 atom stereocenters. The maximum Gasteiger partial charge on any atom is 0.0416 e. The molecule has 0 aromatic carbocycles. The third-order valence-electron chi connectivity index (χ3n) is 2.96. The number of halogens is 2. The molecule has 0 bridgehead atoms. The van der Waals surface area contributed by atoms with E-state index in [0.717, 1.165) is 18.5 Å². The molecule has 0 radical (unpaired) electrons. The smallest absolute Gasteiger partial charge is 0.0416 e. The standard InChI is InChI=1S/C10H17Cl2N/c1-7(5-11)6-13-9-4-8(12)10(9,2)3/h5,8-9,13H,4,6H2,1-3H3/b7-5+. The van der Waals surface area contributed by atoms with Gasteiger partial charge in [-0.3, -0.25) is 0 Å². The van der Waals surface area contributed by atoms with E-state index in [1.165, 1.54) is 0 Å². The van der Waals surface area contributed by atoms with Gasteiger partial charge in [0.05, 0.1) is 0 Å². The monoisotopic (exact) mass is 221 g/mol. The second kappa shape index (κ2) is 4.20. The first-order chi connectivity index (χ1) is 5.98. The van der Waals surface area contributed by atoms with E-state index in [2.05, 4.69) is 19.2 Å². The van der Waals surface area contributed by atoms with E-state index in [-0.39, 0.29) is 5.41 Å². The first-order valence-corrected chi connectivity index (χ1v) is 5.49. The molecule has 0 aromatic rings. The van der Waals surface area contributed by atoms with E-state index < -0.39 is 0 Å². The molecular weight excluding hydrogens is 205 g/mol. The molecule has 0 aliphatic heterocycles. The van der Waals surface area contributed by atoms with Crippen LogP contribution in [0.1, 0.15) is 27.2 Å². The molecular formula is C10H17Cl2N. The van der Waals surface area contributed by atoms with Gasteiger partial charge in [-0.1, -0.05) is 25.4 Å². The van der Waals surface area contributed by atoms with Gasteiger partial charge in [-0.05, 0) is 24.3 Å². The summed E-state index contributed by atoms with van der Waals surface area (Å²) < 4.78 is 0. The summed E-state index contributed by atoms with van der Waals surface area (Å²) in [6.45, 7) is 7.28. The van der Waals surface area contributed by atoms with E-state index in [9.17, 15) is 0 Å². The third kappa shape index (κ3) is 2.39. The molecule has 1 fully saturated rings. The molecule has 1 aliphatic carbocycles. The lowest BCUT2D eigenvalue weighted by Crippen LogP contribution is -2.58. The van der Waals surface area contributed by atoms with Gasteiger partial charge in [-0.15, -0.1) is 11.6 Å². The molecule has 1 rings (SSSR count). The van der Waals surface area contributed by atoms with E-state index in [0.29, 0.717) is 11.4 Å². The molecule has 3 heteroatoms. The Morgan fingerprint density at radius 1 is 1.62 bits per heavy atom. The lowest BCUT2D eigenvalue weighted by molar-refractivity contribution is 0.120. The number of rotatable bonds is 3. The summed E-state index contributed by atoms with van der Waals surface area (Å²) in [5.41, 5.74) is 3.00. The summed E-state index contributed by atoms with van der Waals surface area (Å²) in [5.74, 6) is 0. The van der Waals surface area contributed by atoms with Gasteiger partial charge >= 0.3 is 0 Å². The van der Waals surface area contributed by atoms with Crippen LogP contribution in [-0.2, 0) is 0 Å². The van der Waals surface area contributed by atoms with Crippen molar-refractivity contribution in [1.82, 2.24) is 5.32 Å². The van der Waals surface area contributed by atoms with Crippen LogP contribution in [0.2, 0.25) is 0 Å². The average Bonchev–Trinajstić information content (AvgIpc) is 2.11. The Kier molecular flexibility index (Phi) is 3.67. The van der Waals surface area contributed by atoms with Crippen LogP contribution in [0.25, 0.3) is 0 Å². The molecule has 76 valence electrons. The van der Waals surface area contributed by atoms with E-state index in [1.54, 1.807) is 5.54 Å². The number of hydrogen-bond donors (Lipinski definition) is 1. The highest BCUT2D eigenvalue weighted by Gasteiger charge is 2.46. The van der Waals surface area contributed by atoms with Gasteiger partial charge in [-0.25, -0.2) is 0 Å². The highest BCUT2D eigenvalue weighted by Crippen LogP contribution is 2.44. The molecule has 1 saturated carbocycles. The Balaban J connectivity index is 2.33. The number of alkyl halides is 1. The lowest BCUT2D eigenvalue weighted by atomic mass is 9.67. The van der Waals surface area contributed by atoms with Crippen LogP contribution in [0.15, 0.2) is 11.1 Å². The van der Waals surface area contributed by atoms with Gasteiger partial charge in [0, 0.05) is 23.5 Å². The van der Waals surface area contributed by atoms with Crippen LogP contribution in [-0.4, -0.2) is 18.0 Å². The van der Waals surface area contributed by atoms with Crippen molar-refractivity contribution < 1.29 is 0 Å². The minimum absolute atomic E-state index is 0.216. The summed E-state index contributed by atoms with van der Waals surface area (Å²) in [6.07, 6.45) is 1.06.